The molecule has 0 spiro atoms. The number of alkyl halides is 1. The second-order valence-corrected chi connectivity index (χ2v) is 5.32. The van der Waals surface area contributed by atoms with Crippen molar-refractivity contribution in [1.82, 2.24) is 9.78 Å². The predicted octanol–water partition coefficient (Wildman–Crippen LogP) is 4.60. The number of aromatic nitrogens is 2. The first-order valence-electron chi connectivity index (χ1n) is 5.98. The molecule has 96 valence electrons. The Hall–Kier alpha value is -0.800. The van der Waals surface area contributed by atoms with E-state index in [9.17, 15) is 0 Å². The molecule has 0 aliphatic carbocycles. The van der Waals surface area contributed by atoms with Gasteiger partial charge in [0.05, 0.1) is 11.4 Å². The summed E-state index contributed by atoms with van der Waals surface area (Å²) in [6, 6.07) is 5.92. The maximum atomic E-state index is 6.10. The van der Waals surface area contributed by atoms with Crippen LogP contribution in [-0.4, -0.2) is 9.78 Å². The highest BCUT2D eigenvalue weighted by atomic mass is 79.9. The quantitative estimate of drug-likeness (QED) is 0.753. The molecule has 1 aromatic carbocycles. The van der Waals surface area contributed by atoms with Crippen LogP contribution in [0.25, 0.3) is 5.69 Å². The van der Waals surface area contributed by atoms with Gasteiger partial charge in [-0.25, -0.2) is 4.68 Å². The Morgan fingerprint density at radius 1 is 1.33 bits per heavy atom. The van der Waals surface area contributed by atoms with E-state index < -0.39 is 0 Å². The zero-order chi connectivity index (χ0) is 13.3. The molecule has 4 heteroatoms. The lowest BCUT2D eigenvalue weighted by Crippen LogP contribution is -2.03. The number of halogens is 2. The normalized spacial score (nSPS) is 10.9. The Morgan fingerprint density at radius 2 is 2.06 bits per heavy atom. The maximum absolute atomic E-state index is 6.10. The average molecular weight is 328 g/mol. The van der Waals surface area contributed by atoms with E-state index in [2.05, 4.69) is 41.8 Å². The van der Waals surface area contributed by atoms with E-state index in [0.29, 0.717) is 0 Å². The Labute approximate surface area is 121 Å². The number of hydrogen-bond acceptors (Lipinski definition) is 1. The largest absolute Gasteiger partial charge is 0.237 e. The number of nitrogens with zero attached hydrogens (tertiary/aromatic N) is 2. The van der Waals surface area contributed by atoms with Crippen molar-refractivity contribution >= 4 is 27.5 Å². The molecule has 0 fully saturated rings. The van der Waals surface area contributed by atoms with Gasteiger partial charge in [0.15, 0.2) is 0 Å². The van der Waals surface area contributed by atoms with Crippen molar-refractivity contribution in [1.29, 1.82) is 0 Å². The molecule has 2 aromatic rings. The van der Waals surface area contributed by atoms with Gasteiger partial charge in [-0.3, -0.25) is 0 Å². The number of aryl methyl sites for hydroxylation is 1. The van der Waals surface area contributed by atoms with Crippen molar-refractivity contribution < 1.29 is 0 Å². The zero-order valence-electron chi connectivity index (χ0n) is 10.8. The molecule has 1 heterocycles. The highest BCUT2D eigenvalue weighted by molar-refractivity contribution is 9.08. The van der Waals surface area contributed by atoms with Crippen LogP contribution in [-0.2, 0) is 11.8 Å². The minimum atomic E-state index is 0.736. The van der Waals surface area contributed by atoms with E-state index in [1.165, 1.54) is 16.8 Å². The van der Waals surface area contributed by atoms with Gasteiger partial charge >= 0.3 is 0 Å². The summed E-state index contributed by atoms with van der Waals surface area (Å²) in [6.45, 7) is 6.32. The van der Waals surface area contributed by atoms with E-state index in [4.69, 9.17) is 11.6 Å². The summed E-state index contributed by atoms with van der Waals surface area (Å²) in [4.78, 5) is 0. The predicted molar refractivity (Wildman–Crippen MR) is 80.1 cm³/mol. The molecular weight excluding hydrogens is 312 g/mol. The number of benzene rings is 1. The molecule has 2 rings (SSSR count). The van der Waals surface area contributed by atoms with E-state index in [1.807, 2.05) is 22.9 Å². The van der Waals surface area contributed by atoms with E-state index in [1.54, 1.807) is 0 Å². The SMILES string of the molecule is CCc1c(C)nn(-c2cc(Cl)ccc2CBr)c1C. The lowest BCUT2D eigenvalue weighted by atomic mass is 10.1. The summed E-state index contributed by atoms with van der Waals surface area (Å²) in [5.74, 6) is 0. The smallest absolute Gasteiger partial charge is 0.0704 e. The van der Waals surface area contributed by atoms with Crippen LogP contribution in [0.1, 0.15) is 29.4 Å². The third-order valence-electron chi connectivity index (χ3n) is 3.21. The standard InChI is InChI=1S/C14H16BrClN2/c1-4-13-9(2)17-18(10(13)3)14-7-12(16)6-5-11(14)8-15/h5-7H,4,8H2,1-3H3. The van der Waals surface area contributed by atoms with Crippen molar-refractivity contribution in [2.24, 2.45) is 0 Å². The van der Waals surface area contributed by atoms with E-state index in [0.717, 1.165) is 28.2 Å². The van der Waals surface area contributed by atoms with Crippen LogP contribution < -0.4 is 0 Å². The molecule has 18 heavy (non-hydrogen) atoms. The fourth-order valence-corrected chi connectivity index (χ4v) is 2.91. The molecular formula is C14H16BrClN2. The van der Waals surface area contributed by atoms with E-state index in [-0.39, 0.29) is 0 Å². The highest BCUT2D eigenvalue weighted by Gasteiger charge is 2.13. The first kappa shape index (κ1) is 13.6. The van der Waals surface area contributed by atoms with Gasteiger partial charge in [0.2, 0.25) is 0 Å². The fraction of sp³-hybridized carbons (Fsp3) is 0.357. The molecule has 0 aliphatic rings. The molecule has 0 saturated carbocycles. The summed E-state index contributed by atoms with van der Waals surface area (Å²) < 4.78 is 2.00. The molecule has 0 amide bonds. The van der Waals surface area contributed by atoms with Crippen LogP contribution >= 0.6 is 27.5 Å². The lowest BCUT2D eigenvalue weighted by Gasteiger charge is -2.10. The molecule has 2 nitrogen and oxygen atoms in total. The van der Waals surface area contributed by atoms with Gasteiger partial charge in [0, 0.05) is 16.0 Å². The summed E-state index contributed by atoms with van der Waals surface area (Å²) in [7, 11) is 0. The van der Waals surface area contributed by atoms with Crippen molar-refractivity contribution in [3.63, 3.8) is 0 Å². The average Bonchev–Trinajstić information content (AvgIpc) is 2.64. The topological polar surface area (TPSA) is 17.8 Å². The van der Waals surface area contributed by atoms with Gasteiger partial charge < -0.3 is 0 Å². The maximum Gasteiger partial charge on any atom is 0.0704 e. The Morgan fingerprint density at radius 3 is 2.61 bits per heavy atom. The van der Waals surface area contributed by atoms with Crippen LogP contribution in [0.4, 0.5) is 0 Å². The molecule has 0 bridgehead atoms. The lowest BCUT2D eigenvalue weighted by molar-refractivity contribution is 0.826. The summed E-state index contributed by atoms with van der Waals surface area (Å²) >= 11 is 9.61. The highest BCUT2D eigenvalue weighted by Crippen LogP contribution is 2.25. The van der Waals surface area contributed by atoms with E-state index >= 15 is 0 Å². The van der Waals surface area contributed by atoms with Gasteiger partial charge in [-0.1, -0.05) is 40.5 Å². The minimum absolute atomic E-state index is 0.736. The van der Waals surface area contributed by atoms with Gasteiger partial charge in [-0.15, -0.1) is 0 Å². The molecule has 0 atom stereocenters. The monoisotopic (exact) mass is 326 g/mol. The molecule has 0 N–H and O–H groups in total. The van der Waals surface area contributed by atoms with Crippen molar-refractivity contribution in [2.45, 2.75) is 32.5 Å². The Bertz CT molecular complexity index is 575. The Kier molecular flexibility index (Phi) is 4.13. The van der Waals surface area contributed by atoms with Crippen LogP contribution in [0.15, 0.2) is 18.2 Å². The molecule has 0 saturated heterocycles. The van der Waals surface area contributed by atoms with Crippen LogP contribution in [0.3, 0.4) is 0 Å². The second-order valence-electron chi connectivity index (χ2n) is 4.32. The first-order chi connectivity index (χ1) is 8.58. The zero-order valence-corrected chi connectivity index (χ0v) is 13.1. The minimum Gasteiger partial charge on any atom is -0.237 e. The number of hydrogen-bond donors (Lipinski definition) is 0. The third kappa shape index (κ3) is 2.34. The molecule has 0 aliphatic heterocycles. The second kappa shape index (κ2) is 5.45. The molecule has 1 aromatic heterocycles. The Balaban J connectivity index is 2.65. The summed E-state index contributed by atoms with van der Waals surface area (Å²) in [5, 5.41) is 6.17. The fourth-order valence-electron chi connectivity index (χ4n) is 2.27. The summed E-state index contributed by atoms with van der Waals surface area (Å²) in [6.07, 6.45) is 1.00. The van der Waals surface area contributed by atoms with Crippen LogP contribution in [0, 0.1) is 13.8 Å². The van der Waals surface area contributed by atoms with Gasteiger partial charge in [-0.2, -0.15) is 5.10 Å². The van der Waals surface area contributed by atoms with Crippen LogP contribution in [0.5, 0.6) is 0 Å². The number of rotatable bonds is 3. The van der Waals surface area contributed by atoms with Gasteiger partial charge in [0.25, 0.3) is 0 Å². The van der Waals surface area contributed by atoms with Crippen molar-refractivity contribution in [3.8, 4) is 5.69 Å². The molecule has 0 unspecified atom stereocenters. The molecule has 0 radical (unpaired) electrons. The first-order valence-corrected chi connectivity index (χ1v) is 7.48. The third-order valence-corrected chi connectivity index (χ3v) is 4.05. The van der Waals surface area contributed by atoms with Gasteiger partial charge in [-0.05, 0) is 43.5 Å². The summed E-state index contributed by atoms with van der Waals surface area (Å²) in [5.41, 5.74) is 5.85. The van der Waals surface area contributed by atoms with Crippen molar-refractivity contribution in [2.75, 3.05) is 0 Å². The van der Waals surface area contributed by atoms with Crippen molar-refractivity contribution in [3.05, 3.63) is 45.7 Å². The van der Waals surface area contributed by atoms with Crippen LogP contribution in [0.2, 0.25) is 5.02 Å². The van der Waals surface area contributed by atoms with Gasteiger partial charge in [0.1, 0.15) is 0 Å².